The van der Waals surface area contributed by atoms with E-state index >= 15 is 0 Å². The van der Waals surface area contributed by atoms with Crippen molar-refractivity contribution in [2.75, 3.05) is 31.2 Å². The average molecular weight is 515 g/mol. The molecule has 2 aromatic carbocycles. The number of rotatable bonds is 7. The summed E-state index contributed by atoms with van der Waals surface area (Å²) in [6.07, 6.45) is 1.71. The molecule has 2 N–H and O–H groups in total. The van der Waals surface area contributed by atoms with Crippen LogP contribution in [0.1, 0.15) is 39.7 Å². The molecule has 8 heteroatoms. The number of carbonyl (C=O) groups is 2. The van der Waals surface area contributed by atoms with E-state index in [4.69, 9.17) is 4.74 Å². The lowest BCUT2D eigenvalue weighted by Gasteiger charge is -2.29. The zero-order valence-corrected chi connectivity index (χ0v) is 22.2. The number of carbonyl (C=O) groups excluding carboxylic acids is 2. The summed E-state index contributed by atoms with van der Waals surface area (Å²) in [5.41, 5.74) is 8.49. The lowest BCUT2D eigenvalue weighted by molar-refractivity contribution is -0.120. The first-order chi connectivity index (χ1) is 18.3. The molecule has 1 aliphatic heterocycles. The van der Waals surface area contributed by atoms with E-state index in [1.54, 1.807) is 0 Å². The SMILES string of the molecule is C=CC(=O)NN(Cc1c(CC)cc(C)[nH]c1=O)C(=O)c1cc(-c2ccc(N3CCOCC3)cc2)ccc1C. The summed E-state index contributed by atoms with van der Waals surface area (Å²) in [6, 6.07) is 15.8. The summed E-state index contributed by atoms with van der Waals surface area (Å²) in [5, 5.41) is 1.19. The zero-order valence-electron chi connectivity index (χ0n) is 22.2. The fraction of sp³-hybridized carbons (Fsp3) is 0.300. The molecule has 0 unspecified atom stereocenters. The van der Waals surface area contributed by atoms with Crippen LogP contribution >= 0.6 is 0 Å². The van der Waals surface area contributed by atoms with Crippen molar-refractivity contribution in [2.45, 2.75) is 33.7 Å². The average Bonchev–Trinajstić information content (AvgIpc) is 2.94. The summed E-state index contributed by atoms with van der Waals surface area (Å²) in [7, 11) is 0. The highest BCUT2D eigenvalue weighted by Crippen LogP contribution is 2.26. The Hall–Kier alpha value is -4.17. The van der Waals surface area contributed by atoms with Crippen molar-refractivity contribution >= 4 is 17.5 Å². The van der Waals surface area contributed by atoms with Crippen molar-refractivity contribution in [3.05, 3.63) is 99.5 Å². The van der Waals surface area contributed by atoms with E-state index in [2.05, 4.69) is 34.0 Å². The normalized spacial score (nSPS) is 13.2. The van der Waals surface area contributed by atoms with Crippen LogP contribution in [-0.4, -0.2) is 48.1 Å². The Morgan fingerprint density at radius 3 is 2.42 bits per heavy atom. The maximum absolute atomic E-state index is 13.8. The Kier molecular flexibility index (Phi) is 8.43. The molecule has 1 saturated heterocycles. The van der Waals surface area contributed by atoms with Crippen molar-refractivity contribution in [3.63, 3.8) is 0 Å². The number of aromatic nitrogens is 1. The first kappa shape index (κ1) is 26.9. The Morgan fingerprint density at radius 1 is 1.08 bits per heavy atom. The van der Waals surface area contributed by atoms with Gasteiger partial charge in [-0.05, 0) is 72.9 Å². The van der Waals surface area contributed by atoms with E-state index in [1.165, 1.54) is 5.01 Å². The maximum Gasteiger partial charge on any atom is 0.272 e. The molecule has 0 atom stereocenters. The van der Waals surface area contributed by atoms with E-state index < -0.39 is 11.8 Å². The third-order valence-corrected chi connectivity index (χ3v) is 6.78. The number of pyridine rings is 1. The van der Waals surface area contributed by atoms with Crippen molar-refractivity contribution in [1.82, 2.24) is 15.4 Å². The summed E-state index contributed by atoms with van der Waals surface area (Å²) < 4.78 is 5.45. The van der Waals surface area contributed by atoms with Gasteiger partial charge in [0.15, 0.2) is 0 Å². The molecule has 2 amide bonds. The van der Waals surface area contributed by atoms with Gasteiger partial charge in [-0.25, -0.2) is 5.01 Å². The van der Waals surface area contributed by atoms with Crippen molar-refractivity contribution in [2.24, 2.45) is 0 Å². The molecule has 0 bridgehead atoms. The number of morpholine rings is 1. The number of nitrogens with one attached hydrogen (secondary N) is 2. The van der Waals surface area contributed by atoms with E-state index in [-0.39, 0.29) is 12.1 Å². The second-order valence-corrected chi connectivity index (χ2v) is 9.39. The van der Waals surface area contributed by atoms with Crippen LogP contribution in [0.25, 0.3) is 11.1 Å². The Bertz CT molecular complexity index is 1390. The number of hydrazine groups is 1. The number of anilines is 1. The van der Waals surface area contributed by atoms with E-state index in [1.807, 2.05) is 57.2 Å². The molecule has 0 radical (unpaired) electrons. The minimum absolute atomic E-state index is 0.0743. The number of hydrogen-bond donors (Lipinski definition) is 2. The van der Waals surface area contributed by atoms with Crippen molar-refractivity contribution < 1.29 is 14.3 Å². The predicted octanol–water partition coefficient (Wildman–Crippen LogP) is 3.92. The van der Waals surface area contributed by atoms with Crippen LogP contribution in [0, 0.1) is 13.8 Å². The maximum atomic E-state index is 13.8. The molecular formula is C30H34N4O4. The van der Waals surface area contributed by atoms with Gasteiger partial charge in [-0.1, -0.05) is 37.8 Å². The zero-order chi connectivity index (χ0) is 27.2. The van der Waals surface area contributed by atoms with Crippen molar-refractivity contribution in [1.29, 1.82) is 0 Å². The van der Waals surface area contributed by atoms with Gasteiger partial charge in [0.1, 0.15) is 0 Å². The molecule has 198 valence electrons. The molecule has 0 aliphatic carbocycles. The Labute approximate surface area is 222 Å². The molecule has 3 aromatic rings. The molecule has 1 fully saturated rings. The van der Waals surface area contributed by atoms with Gasteiger partial charge in [0.05, 0.1) is 19.8 Å². The van der Waals surface area contributed by atoms with Crippen LogP contribution in [0.5, 0.6) is 0 Å². The fourth-order valence-electron chi connectivity index (χ4n) is 4.64. The number of benzene rings is 2. The molecule has 1 aliphatic rings. The quantitative estimate of drug-likeness (QED) is 0.368. The van der Waals surface area contributed by atoms with Gasteiger partial charge in [-0.15, -0.1) is 0 Å². The third kappa shape index (κ3) is 6.03. The molecule has 4 rings (SSSR count). The monoisotopic (exact) mass is 514 g/mol. The second kappa shape index (κ2) is 11.9. The van der Waals surface area contributed by atoms with E-state index in [9.17, 15) is 14.4 Å². The summed E-state index contributed by atoms with van der Waals surface area (Å²) >= 11 is 0. The number of H-pyrrole nitrogens is 1. The highest BCUT2D eigenvalue weighted by atomic mass is 16.5. The molecule has 2 heterocycles. The van der Waals surface area contributed by atoms with Crippen LogP contribution in [-0.2, 0) is 22.5 Å². The number of hydrogen-bond acceptors (Lipinski definition) is 5. The van der Waals surface area contributed by atoms with Crippen LogP contribution < -0.4 is 15.9 Å². The largest absolute Gasteiger partial charge is 0.378 e. The molecule has 0 spiro atoms. The minimum Gasteiger partial charge on any atom is -0.378 e. The molecule has 1 aromatic heterocycles. The van der Waals surface area contributed by atoms with Crippen LogP contribution in [0.3, 0.4) is 0 Å². The van der Waals surface area contributed by atoms with Crippen LogP contribution in [0.15, 0.2) is 66.0 Å². The lowest BCUT2D eigenvalue weighted by atomic mass is 9.98. The number of aromatic amines is 1. The highest BCUT2D eigenvalue weighted by Gasteiger charge is 2.23. The van der Waals surface area contributed by atoms with Gasteiger partial charge in [-0.2, -0.15) is 0 Å². The number of aryl methyl sites for hydroxylation is 3. The van der Waals surface area contributed by atoms with E-state index in [0.29, 0.717) is 17.5 Å². The van der Waals surface area contributed by atoms with Gasteiger partial charge in [0.2, 0.25) is 0 Å². The smallest absolute Gasteiger partial charge is 0.272 e. The molecule has 8 nitrogen and oxygen atoms in total. The lowest BCUT2D eigenvalue weighted by Crippen LogP contribution is -2.46. The third-order valence-electron chi connectivity index (χ3n) is 6.78. The van der Waals surface area contributed by atoms with Gasteiger partial charge in [0, 0.05) is 35.6 Å². The van der Waals surface area contributed by atoms with Gasteiger partial charge < -0.3 is 14.6 Å². The first-order valence-electron chi connectivity index (χ1n) is 12.8. The molecular weight excluding hydrogens is 480 g/mol. The predicted molar refractivity (Wildman–Crippen MR) is 149 cm³/mol. The number of ether oxygens (including phenoxy) is 1. The summed E-state index contributed by atoms with van der Waals surface area (Å²) in [6.45, 7) is 12.2. The van der Waals surface area contributed by atoms with Gasteiger partial charge >= 0.3 is 0 Å². The Balaban J connectivity index is 1.65. The van der Waals surface area contributed by atoms with Crippen molar-refractivity contribution in [3.8, 4) is 11.1 Å². The van der Waals surface area contributed by atoms with Gasteiger partial charge in [0.25, 0.3) is 17.4 Å². The first-order valence-corrected chi connectivity index (χ1v) is 12.8. The highest BCUT2D eigenvalue weighted by molar-refractivity contribution is 5.99. The number of nitrogens with zero attached hydrogens (tertiary/aromatic N) is 2. The topological polar surface area (TPSA) is 94.7 Å². The van der Waals surface area contributed by atoms with Gasteiger partial charge in [-0.3, -0.25) is 19.8 Å². The number of amides is 2. The Morgan fingerprint density at radius 2 is 1.76 bits per heavy atom. The minimum atomic E-state index is -0.535. The summed E-state index contributed by atoms with van der Waals surface area (Å²) in [5.74, 6) is -0.945. The van der Waals surface area contributed by atoms with Crippen LogP contribution in [0.4, 0.5) is 5.69 Å². The second-order valence-electron chi connectivity index (χ2n) is 9.39. The summed E-state index contributed by atoms with van der Waals surface area (Å²) in [4.78, 5) is 43.9. The molecule has 38 heavy (non-hydrogen) atoms. The standard InChI is InChI=1S/C30H34N4O4/c1-5-22-17-21(4)31-29(36)27(22)19-34(32-28(35)6-2)30(37)26-18-24(8-7-20(26)3)23-9-11-25(12-10-23)33-13-15-38-16-14-33/h6-12,17-18H,2,5,13-16,19H2,1,3-4H3,(H,31,36)(H,32,35). The van der Waals surface area contributed by atoms with Crippen LogP contribution in [0.2, 0.25) is 0 Å². The fourth-order valence-corrected chi connectivity index (χ4v) is 4.64. The van der Waals surface area contributed by atoms with E-state index in [0.717, 1.165) is 66.0 Å². The molecule has 0 saturated carbocycles.